The van der Waals surface area contributed by atoms with E-state index >= 15 is 0 Å². The predicted octanol–water partition coefficient (Wildman–Crippen LogP) is 12.9. The first kappa shape index (κ1) is 31.3. The molecule has 0 aliphatic rings. The number of aromatic nitrogens is 3. The summed E-state index contributed by atoms with van der Waals surface area (Å²) in [5, 5.41) is 7.22. The maximum Gasteiger partial charge on any atom is 0.160 e. The largest absolute Gasteiger partial charge is 0.263 e. The van der Waals surface area contributed by atoms with E-state index in [9.17, 15) is 0 Å². The van der Waals surface area contributed by atoms with Gasteiger partial charge in [-0.05, 0) is 79.5 Å². The zero-order chi connectivity index (χ0) is 35.8. The fraction of sp³-hybridized carbons (Fsp3) is 0. The summed E-state index contributed by atoms with van der Waals surface area (Å²) in [6.45, 7) is 0. The molecule has 3 nitrogen and oxygen atoms in total. The summed E-state index contributed by atoms with van der Waals surface area (Å²) < 4.78 is 0. The number of fused-ring (bicyclic) bond motifs is 4. The Kier molecular flexibility index (Phi) is 7.71. The van der Waals surface area contributed by atoms with Gasteiger partial charge in [-0.25, -0.2) is 9.97 Å². The van der Waals surface area contributed by atoms with Gasteiger partial charge < -0.3 is 0 Å². The molecule has 0 fully saturated rings. The molecule has 2 heterocycles. The minimum Gasteiger partial charge on any atom is -0.263 e. The van der Waals surface area contributed by atoms with Gasteiger partial charge in [0.15, 0.2) is 5.82 Å². The monoisotopic (exact) mass is 685 g/mol. The van der Waals surface area contributed by atoms with Crippen LogP contribution in [0, 0.1) is 12.1 Å². The van der Waals surface area contributed by atoms with Crippen LogP contribution in [0.3, 0.4) is 0 Å². The van der Waals surface area contributed by atoms with Crippen LogP contribution in [0.1, 0.15) is 0 Å². The van der Waals surface area contributed by atoms with Crippen molar-refractivity contribution in [1.29, 1.82) is 0 Å². The predicted molar refractivity (Wildman–Crippen MR) is 223 cm³/mol. The molecular formula is C51H31N3. The zero-order valence-electron chi connectivity index (χ0n) is 29.2. The number of pyridine rings is 1. The number of rotatable bonds is 6. The van der Waals surface area contributed by atoms with Gasteiger partial charge in [0.1, 0.15) is 0 Å². The van der Waals surface area contributed by atoms with Crippen LogP contribution >= 0.6 is 0 Å². The Morgan fingerprint density at radius 1 is 0.370 bits per heavy atom. The second-order valence-electron chi connectivity index (χ2n) is 13.5. The Hall–Kier alpha value is -7.41. The van der Waals surface area contributed by atoms with Crippen LogP contribution in [0.25, 0.3) is 99.6 Å². The van der Waals surface area contributed by atoms with Gasteiger partial charge in [0, 0.05) is 45.6 Å². The fourth-order valence-electron chi connectivity index (χ4n) is 7.50. The van der Waals surface area contributed by atoms with Crippen LogP contribution in [0.15, 0.2) is 188 Å². The van der Waals surface area contributed by atoms with E-state index in [0.29, 0.717) is 5.82 Å². The maximum absolute atomic E-state index is 5.24. The Bertz CT molecular complexity index is 2980. The van der Waals surface area contributed by atoms with Crippen molar-refractivity contribution in [3.63, 3.8) is 0 Å². The zero-order valence-corrected chi connectivity index (χ0v) is 29.2. The number of nitrogens with zero attached hydrogens (tertiary/aromatic N) is 3. The highest BCUT2D eigenvalue weighted by molar-refractivity contribution is 6.13. The van der Waals surface area contributed by atoms with Crippen LogP contribution in [-0.2, 0) is 0 Å². The summed E-state index contributed by atoms with van der Waals surface area (Å²) in [4.78, 5) is 15.0. The van der Waals surface area contributed by atoms with E-state index in [2.05, 4.69) is 163 Å². The van der Waals surface area contributed by atoms with E-state index in [-0.39, 0.29) is 0 Å². The first-order valence-corrected chi connectivity index (χ1v) is 18.1. The Morgan fingerprint density at radius 3 is 1.85 bits per heavy atom. The third-order valence-corrected chi connectivity index (χ3v) is 10.2. The van der Waals surface area contributed by atoms with Gasteiger partial charge in [-0.2, -0.15) is 0 Å². The van der Waals surface area contributed by atoms with E-state index in [1.807, 2.05) is 42.7 Å². The van der Waals surface area contributed by atoms with Gasteiger partial charge in [0.05, 0.1) is 11.4 Å². The minimum atomic E-state index is 0.658. The van der Waals surface area contributed by atoms with E-state index < -0.39 is 0 Å². The highest BCUT2D eigenvalue weighted by atomic mass is 14.9. The highest BCUT2D eigenvalue weighted by Crippen LogP contribution is 2.37. The van der Waals surface area contributed by atoms with Gasteiger partial charge in [0.2, 0.25) is 0 Å². The molecule has 0 radical (unpaired) electrons. The summed E-state index contributed by atoms with van der Waals surface area (Å²) in [7, 11) is 0. The normalized spacial score (nSPS) is 11.2. The molecule has 0 saturated carbocycles. The third kappa shape index (κ3) is 5.73. The lowest BCUT2D eigenvalue weighted by molar-refractivity contribution is 1.18. The molecule has 0 aliphatic heterocycles. The average molecular weight is 686 g/mol. The van der Waals surface area contributed by atoms with Gasteiger partial charge in [-0.3, -0.25) is 4.98 Å². The number of hydrogen-bond acceptors (Lipinski definition) is 3. The van der Waals surface area contributed by atoms with E-state index in [0.717, 1.165) is 61.3 Å². The summed E-state index contributed by atoms with van der Waals surface area (Å²) >= 11 is 0. The molecule has 0 unspecified atom stereocenters. The van der Waals surface area contributed by atoms with Crippen molar-refractivity contribution >= 4 is 32.3 Å². The Labute approximate surface area is 313 Å². The average Bonchev–Trinajstić information content (AvgIpc) is 3.26. The lowest BCUT2D eigenvalue weighted by Gasteiger charge is -2.13. The maximum atomic E-state index is 5.24. The summed E-state index contributed by atoms with van der Waals surface area (Å²) in [5.41, 5.74) is 11.1. The van der Waals surface area contributed by atoms with Crippen LogP contribution < -0.4 is 0 Å². The molecule has 3 heteroatoms. The molecule has 54 heavy (non-hydrogen) atoms. The van der Waals surface area contributed by atoms with Crippen LogP contribution in [0.5, 0.6) is 0 Å². The van der Waals surface area contributed by atoms with Crippen molar-refractivity contribution in [3.8, 4) is 67.3 Å². The van der Waals surface area contributed by atoms with Gasteiger partial charge in [-0.1, -0.05) is 158 Å². The lowest BCUT2D eigenvalue weighted by atomic mass is 9.92. The Balaban J connectivity index is 1.12. The van der Waals surface area contributed by atoms with Crippen molar-refractivity contribution < 1.29 is 0 Å². The van der Waals surface area contributed by atoms with Gasteiger partial charge in [0.25, 0.3) is 0 Å². The molecule has 2 aromatic heterocycles. The first-order chi connectivity index (χ1) is 26.7. The molecule has 0 spiro atoms. The number of hydrogen-bond donors (Lipinski definition) is 0. The minimum absolute atomic E-state index is 0.658. The Morgan fingerprint density at radius 2 is 1.02 bits per heavy atom. The topological polar surface area (TPSA) is 38.7 Å². The van der Waals surface area contributed by atoms with Gasteiger partial charge >= 0.3 is 0 Å². The summed E-state index contributed by atoms with van der Waals surface area (Å²) in [6, 6.07) is 68.2. The summed E-state index contributed by atoms with van der Waals surface area (Å²) in [5.74, 6) is 0.658. The first-order valence-electron chi connectivity index (χ1n) is 18.1. The molecule has 0 atom stereocenters. The van der Waals surface area contributed by atoms with Gasteiger partial charge in [-0.15, -0.1) is 0 Å². The second-order valence-corrected chi connectivity index (χ2v) is 13.5. The van der Waals surface area contributed by atoms with Crippen LogP contribution in [0.2, 0.25) is 0 Å². The molecule has 0 saturated heterocycles. The van der Waals surface area contributed by atoms with Crippen molar-refractivity contribution in [2.45, 2.75) is 0 Å². The van der Waals surface area contributed by atoms with Crippen LogP contribution in [-0.4, -0.2) is 15.0 Å². The smallest absolute Gasteiger partial charge is 0.160 e. The molecule has 0 bridgehead atoms. The second kappa shape index (κ2) is 13.3. The molecular weight excluding hydrogens is 655 g/mol. The fourth-order valence-corrected chi connectivity index (χ4v) is 7.50. The van der Waals surface area contributed by atoms with E-state index in [1.54, 1.807) is 0 Å². The lowest BCUT2D eigenvalue weighted by Crippen LogP contribution is -1.96. The molecule has 10 aromatic rings. The standard InChI is InChI=1S/C51H31N3/c1-2-12-34(13-3-1)37-16-10-18-40(28-37)50-31-49(36-26-24-35(25-27-36)48-33-52-32-42-15-5-7-21-44(42)48)53-51(54-50)41-19-11-17-38(29-41)47-30-39-14-4-6-20-43(39)45-22-8-9-23-46(45)47/h1-9,11-15,17-33H. The number of benzene rings is 7. The molecule has 0 aliphatic carbocycles. The SMILES string of the molecule is c1cc(-c2cc(-c3ccc(-c4cncc5ccccc45)cc3)nc(-c3cccc(-c4cc5ccccc5c5ccccc45)c3)n2)cc(-c2ccccc2)c#1. The van der Waals surface area contributed by atoms with Crippen molar-refractivity contribution in [3.05, 3.63) is 200 Å². The van der Waals surface area contributed by atoms with Crippen molar-refractivity contribution in [1.82, 2.24) is 15.0 Å². The third-order valence-electron chi connectivity index (χ3n) is 10.2. The molecule has 8 aromatic carbocycles. The highest BCUT2D eigenvalue weighted by Gasteiger charge is 2.15. The molecule has 0 amide bonds. The van der Waals surface area contributed by atoms with Crippen molar-refractivity contribution in [2.24, 2.45) is 0 Å². The van der Waals surface area contributed by atoms with E-state index in [1.165, 1.54) is 32.5 Å². The summed E-state index contributed by atoms with van der Waals surface area (Å²) in [6.07, 6.45) is 3.85. The quantitative estimate of drug-likeness (QED) is 0.164. The molecule has 0 N–H and O–H groups in total. The van der Waals surface area contributed by atoms with Crippen LogP contribution in [0.4, 0.5) is 0 Å². The van der Waals surface area contributed by atoms with Crippen molar-refractivity contribution in [2.75, 3.05) is 0 Å². The molecule has 10 rings (SSSR count). The molecule has 250 valence electrons. The van der Waals surface area contributed by atoms with E-state index in [4.69, 9.17) is 9.97 Å².